The predicted molar refractivity (Wildman–Crippen MR) is 73.0 cm³/mol. The first-order chi connectivity index (χ1) is 10.1. The maximum absolute atomic E-state index is 11.7. The first-order valence-corrected chi connectivity index (χ1v) is 5.92. The number of carbonyl (C=O) groups excluding carboxylic acids is 1. The molecular weight excluding hydrogens is 276 g/mol. The number of phenols is 1. The highest BCUT2D eigenvalue weighted by molar-refractivity contribution is 5.93. The van der Waals surface area contributed by atoms with Gasteiger partial charge in [0.2, 0.25) is 0 Å². The molecule has 0 bridgehead atoms. The summed E-state index contributed by atoms with van der Waals surface area (Å²) in [6.45, 7) is 0.216. The lowest BCUT2D eigenvalue weighted by Gasteiger charge is -2.08. The van der Waals surface area contributed by atoms with Crippen LogP contribution in [0, 0.1) is 0 Å². The van der Waals surface area contributed by atoms with Crippen LogP contribution in [0.25, 0.3) is 0 Å². The minimum Gasteiger partial charge on any atom is -0.507 e. The molecule has 0 aliphatic heterocycles. The van der Waals surface area contributed by atoms with Gasteiger partial charge < -0.3 is 20.8 Å². The molecule has 108 valence electrons. The Kier molecular flexibility index (Phi) is 4.30. The molecule has 2 aromatic rings. The Morgan fingerprint density at radius 1 is 1.24 bits per heavy atom. The number of amides is 2. The molecule has 0 atom stereocenters. The van der Waals surface area contributed by atoms with Crippen molar-refractivity contribution in [3.05, 3.63) is 48.0 Å². The van der Waals surface area contributed by atoms with Crippen molar-refractivity contribution in [1.82, 2.24) is 15.3 Å². The fraction of sp³-hybridized carbons (Fsp3) is 0.0769. The monoisotopic (exact) mass is 288 g/mol. The van der Waals surface area contributed by atoms with E-state index < -0.39 is 17.7 Å². The molecule has 0 saturated carbocycles. The smallest absolute Gasteiger partial charge is 0.339 e. The van der Waals surface area contributed by atoms with Gasteiger partial charge in [0.15, 0.2) is 0 Å². The lowest BCUT2D eigenvalue weighted by atomic mass is 10.2. The summed E-state index contributed by atoms with van der Waals surface area (Å²) in [5, 5.41) is 23.3. The number of urea groups is 1. The zero-order valence-corrected chi connectivity index (χ0v) is 10.8. The van der Waals surface area contributed by atoms with Crippen LogP contribution in [-0.4, -0.2) is 32.2 Å². The average Bonchev–Trinajstić information content (AvgIpc) is 2.46. The molecule has 0 aliphatic carbocycles. The summed E-state index contributed by atoms with van der Waals surface area (Å²) in [6.07, 6.45) is 2.93. The van der Waals surface area contributed by atoms with Crippen LogP contribution in [0.1, 0.15) is 16.1 Å². The Hall–Kier alpha value is -3.16. The number of benzene rings is 1. The molecule has 0 fully saturated rings. The van der Waals surface area contributed by atoms with Crippen molar-refractivity contribution in [3.63, 3.8) is 0 Å². The first-order valence-electron chi connectivity index (χ1n) is 5.92. The van der Waals surface area contributed by atoms with Crippen molar-refractivity contribution in [3.8, 4) is 5.75 Å². The van der Waals surface area contributed by atoms with Crippen LogP contribution in [0.4, 0.5) is 10.5 Å². The predicted octanol–water partition coefficient (Wildman–Crippen LogP) is 1.20. The molecule has 0 spiro atoms. The van der Waals surface area contributed by atoms with Crippen LogP contribution in [0.2, 0.25) is 0 Å². The maximum atomic E-state index is 11.7. The molecule has 2 amide bonds. The third-order valence-corrected chi connectivity index (χ3v) is 2.56. The van der Waals surface area contributed by atoms with Crippen molar-refractivity contribution < 1.29 is 19.8 Å². The molecule has 21 heavy (non-hydrogen) atoms. The highest BCUT2D eigenvalue weighted by atomic mass is 16.4. The first kappa shape index (κ1) is 14.3. The molecule has 0 aliphatic rings. The lowest BCUT2D eigenvalue weighted by Crippen LogP contribution is -2.28. The van der Waals surface area contributed by atoms with Crippen LogP contribution in [-0.2, 0) is 6.54 Å². The van der Waals surface area contributed by atoms with Gasteiger partial charge in [0, 0.05) is 18.0 Å². The molecule has 2 rings (SSSR count). The van der Waals surface area contributed by atoms with Crippen LogP contribution >= 0.6 is 0 Å². The lowest BCUT2D eigenvalue weighted by molar-refractivity contribution is 0.0694. The fourth-order valence-corrected chi connectivity index (χ4v) is 1.56. The Morgan fingerprint density at radius 2 is 2.05 bits per heavy atom. The summed E-state index contributed by atoms with van der Waals surface area (Å²) < 4.78 is 0. The Morgan fingerprint density at radius 3 is 2.67 bits per heavy atom. The van der Waals surface area contributed by atoms with Gasteiger partial charge in [0.05, 0.1) is 12.2 Å². The second-order valence-corrected chi connectivity index (χ2v) is 4.05. The van der Waals surface area contributed by atoms with E-state index in [1.54, 1.807) is 12.3 Å². The zero-order chi connectivity index (χ0) is 15.2. The number of hydrogen-bond donors (Lipinski definition) is 4. The SMILES string of the molecule is O=C(NCc1ccncn1)Nc1ccc(C(=O)O)c(O)c1. The summed E-state index contributed by atoms with van der Waals surface area (Å²) in [6, 6.07) is 4.91. The third kappa shape index (κ3) is 3.90. The number of carbonyl (C=O) groups is 2. The van der Waals surface area contributed by atoms with Gasteiger partial charge in [-0.25, -0.2) is 19.6 Å². The van der Waals surface area contributed by atoms with E-state index in [0.29, 0.717) is 5.69 Å². The molecule has 4 N–H and O–H groups in total. The second-order valence-electron chi connectivity index (χ2n) is 4.05. The normalized spacial score (nSPS) is 9.90. The minimum absolute atomic E-state index is 0.216. The number of carboxylic acid groups (broad SMARTS) is 1. The molecule has 1 heterocycles. The number of aromatic carboxylic acids is 1. The van der Waals surface area contributed by atoms with E-state index in [4.69, 9.17) is 5.11 Å². The highest BCUT2D eigenvalue weighted by Crippen LogP contribution is 2.21. The highest BCUT2D eigenvalue weighted by Gasteiger charge is 2.10. The summed E-state index contributed by atoms with van der Waals surface area (Å²) in [4.78, 5) is 30.1. The summed E-state index contributed by atoms with van der Waals surface area (Å²) in [5.74, 6) is -1.66. The topological polar surface area (TPSA) is 124 Å². The zero-order valence-electron chi connectivity index (χ0n) is 10.8. The number of nitrogens with zero attached hydrogens (tertiary/aromatic N) is 2. The van der Waals surface area contributed by atoms with Gasteiger partial charge in [-0.05, 0) is 18.2 Å². The van der Waals surface area contributed by atoms with Crippen LogP contribution in [0.15, 0.2) is 36.8 Å². The molecule has 0 unspecified atom stereocenters. The molecule has 0 saturated heterocycles. The van der Waals surface area contributed by atoms with Gasteiger partial charge in [-0.15, -0.1) is 0 Å². The van der Waals surface area contributed by atoms with E-state index in [1.807, 2.05) is 0 Å². The number of nitrogens with one attached hydrogen (secondary N) is 2. The van der Waals surface area contributed by atoms with E-state index >= 15 is 0 Å². The van der Waals surface area contributed by atoms with Crippen LogP contribution in [0.5, 0.6) is 5.75 Å². The van der Waals surface area contributed by atoms with Crippen molar-refractivity contribution in [2.45, 2.75) is 6.54 Å². The number of anilines is 1. The van der Waals surface area contributed by atoms with Crippen molar-refractivity contribution in [2.75, 3.05) is 5.32 Å². The number of hydrogen-bond acceptors (Lipinski definition) is 5. The van der Waals surface area contributed by atoms with E-state index in [2.05, 4.69) is 20.6 Å². The molecular formula is C13H12N4O4. The van der Waals surface area contributed by atoms with Crippen molar-refractivity contribution in [1.29, 1.82) is 0 Å². The maximum Gasteiger partial charge on any atom is 0.339 e. The van der Waals surface area contributed by atoms with Crippen LogP contribution in [0.3, 0.4) is 0 Å². The van der Waals surface area contributed by atoms with E-state index in [1.165, 1.54) is 18.5 Å². The summed E-state index contributed by atoms with van der Waals surface area (Å²) in [5.41, 5.74) is 0.684. The molecule has 1 aromatic heterocycles. The Bertz CT molecular complexity index is 660. The van der Waals surface area contributed by atoms with E-state index in [9.17, 15) is 14.7 Å². The van der Waals surface area contributed by atoms with E-state index in [0.717, 1.165) is 6.07 Å². The van der Waals surface area contributed by atoms with Crippen LogP contribution < -0.4 is 10.6 Å². The number of aromatic hydroxyl groups is 1. The molecule has 1 aromatic carbocycles. The largest absolute Gasteiger partial charge is 0.507 e. The molecule has 8 nitrogen and oxygen atoms in total. The van der Waals surface area contributed by atoms with Gasteiger partial charge in [0.25, 0.3) is 0 Å². The standard InChI is InChI=1S/C13H12N4O4/c18-11-5-8(1-2-10(11)12(19)20)17-13(21)15-6-9-3-4-14-7-16-9/h1-5,7,18H,6H2,(H,19,20)(H2,15,17,21). The number of carboxylic acids is 1. The fourth-order valence-electron chi connectivity index (χ4n) is 1.56. The Labute approximate surface area is 119 Å². The van der Waals surface area contributed by atoms with Gasteiger partial charge in [0.1, 0.15) is 17.6 Å². The van der Waals surface area contributed by atoms with Gasteiger partial charge in [-0.2, -0.15) is 0 Å². The second kappa shape index (κ2) is 6.33. The van der Waals surface area contributed by atoms with E-state index in [-0.39, 0.29) is 17.8 Å². The minimum atomic E-state index is -1.24. The number of aromatic nitrogens is 2. The van der Waals surface area contributed by atoms with Gasteiger partial charge in [-0.3, -0.25) is 0 Å². The molecule has 0 radical (unpaired) electrons. The summed E-state index contributed by atoms with van der Waals surface area (Å²) >= 11 is 0. The van der Waals surface area contributed by atoms with Crippen molar-refractivity contribution in [2.24, 2.45) is 0 Å². The van der Waals surface area contributed by atoms with Gasteiger partial charge in [-0.1, -0.05) is 0 Å². The quantitative estimate of drug-likeness (QED) is 0.670. The third-order valence-electron chi connectivity index (χ3n) is 2.56. The van der Waals surface area contributed by atoms with Gasteiger partial charge >= 0.3 is 12.0 Å². The summed E-state index contributed by atoms with van der Waals surface area (Å²) in [7, 11) is 0. The molecule has 8 heteroatoms. The Balaban J connectivity index is 1.94. The van der Waals surface area contributed by atoms with Crippen molar-refractivity contribution >= 4 is 17.7 Å². The average molecular weight is 288 g/mol. The number of rotatable bonds is 4.